The number of anilines is 1. The van der Waals surface area contributed by atoms with Crippen molar-refractivity contribution in [2.45, 2.75) is 44.1 Å². The predicted molar refractivity (Wildman–Crippen MR) is 99.7 cm³/mol. The first kappa shape index (κ1) is 19.0. The topological polar surface area (TPSA) is 94.9 Å². The second-order valence-corrected chi connectivity index (χ2v) is 7.42. The van der Waals surface area contributed by atoms with Gasteiger partial charge < -0.3 is 5.32 Å². The molecular formula is C19H19FN4O2S. The molecule has 1 aliphatic rings. The Bertz CT molecular complexity index is 884. The second kappa shape index (κ2) is 8.27. The molecule has 27 heavy (non-hydrogen) atoms. The molecule has 0 saturated heterocycles. The molecule has 0 atom stereocenters. The van der Waals surface area contributed by atoms with Crippen LogP contribution < -0.4 is 10.6 Å². The molecule has 1 heterocycles. The van der Waals surface area contributed by atoms with Gasteiger partial charge in [0.25, 0.3) is 5.91 Å². The zero-order valence-electron chi connectivity index (χ0n) is 14.6. The Balaban J connectivity index is 1.59. The van der Waals surface area contributed by atoms with Crippen molar-refractivity contribution in [2.24, 2.45) is 0 Å². The molecule has 8 heteroatoms. The first-order valence-electron chi connectivity index (χ1n) is 8.74. The predicted octanol–water partition coefficient (Wildman–Crippen LogP) is 3.42. The molecule has 1 aromatic carbocycles. The summed E-state index contributed by atoms with van der Waals surface area (Å²) in [5, 5.41) is 16.8. The van der Waals surface area contributed by atoms with E-state index < -0.39 is 17.3 Å². The number of rotatable bonds is 5. The van der Waals surface area contributed by atoms with E-state index in [1.807, 2.05) is 0 Å². The van der Waals surface area contributed by atoms with E-state index in [1.165, 1.54) is 18.2 Å². The third kappa shape index (κ3) is 4.68. The fraction of sp³-hybridized carbons (Fsp3) is 0.368. The van der Waals surface area contributed by atoms with Crippen molar-refractivity contribution < 1.29 is 14.0 Å². The number of amides is 2. The first-order chi connectivity index (χ1) is 13.0. The van der Waals surface area contributed by atoms with Crippen LogP contribution in [-0.2, 0) is 11.2 Å². The highest BCUT2D eigenvalue weighted by atomic mass is 32.1. The van der Waals surface area contributed by atoms with Crippen LogP contribution in [0.25, 0.3) is 0 Å². The van der Waals surface area contributed by atoms with Gasteiger partial charge in [-0.3, -0.25) is 14.9 Å². The SMILES string of the molecule is N#CC1(NC(=O)Cc2csc(NC(=O)c3ccccc3F)n2)CCCCC1. The summed E-state index contributed by atoms with van der Waals surface area (Å²) in [6, 6.07) is 7.93. The molecule has 1 fully saturated rings. The fourth-order valence-corrected chi connectivity index (χ4v) is 3.86. The largest absolute Gasteiger partial charge is 0.337 e. The number of carbonyl (C=O) groups excluding carboxylic acids is 2. The average Bonchev–Trinajstić information content (AvgIpc) is 3.09. The molecule has 140 valence electrons. The Morgan fingerprint density at radius 3 is 2.70 bits per heavy atom. The summed E-state index contributed by atoms with van der Waals surface area (Å²) in [6.45, 7) is 0. The molecule has 6 nitrogen and oxygen atoms in total. The summed E-state index contributed by atoms with van der Waals surface area (Å²) >= 11 is 1.16. The monoisotopic (exact) mass is 386 g/mol. The minimum atomic E-state index is -0.784. The molecule has 1 saturated carbocycles. The highest BCUT2D eigenvalue weighted by Gasteiger charge is 2.33. The summed E-state index contributed by atoms with van der Waals surface area (Å²) in [7, 11) is 0. The van der Waals surface area contributed by atoms with Crippen LogP contribution in [0, 0.1) is 17.1 Å². The van der Waals surface area contributed by atoms with Gasteiger partial charge in [-0.1, -0.05) is 31.4 Å². The van der Waals surface area contributed by atoms with Crippen molar-refractivity contribution >= 4 is 28.3 Å². The zero-order valence-corrected chi connectivity index (χ0v) is 15.4. The van der Waals surface area contributed by atoms with Crippen LogP contribution in [0.3, 0.4) is 0 Å². The number of nitriles is 1. The highest BCUT2D eigenvalue weighted by molar-refractivity contribution is 7.14. The van der Waals surface area contributed by atoms with Crippen molar-refractivity contribution in [3.05, 3.63) is 46.7 Å². The molecule has 0 spiro atoms. The number of nitrogens with one attached hydrogen (secondary N) is 2. The molecule has 2 N–H and O–H groups in total. The highest BCUT2D eigenvalue weighted by Crippen LogP contribution is 2.27. The normalized spacial score (nSPS) is 15.6. The lowest BCUT2D eigenvalue weighted by molar-refractivity contribution is -0.122. The third-order valence-electron chi connectivity index (χ3n) is 4.53. The molecule has 0 aliphatic heterocycles. The Morgan fingerprint density at radius 1 is 1.26 bits per heavy atom. The van der Waals surface area contributed by atoms with Crippen LogP contribution >= 0.6 is 11.3 Å². The van der Waals surface area contributed by atoms with Crippen LogP contribution in [0.5, 0.6) is 0 Å². The van der Waals surface area contributed by atoms with Crippen molar-refractivity contribution in [1.82, 2.24) is 10.3 Å². The van der Waals surface area contributed by atoms with Gasteiger partial charge in [0.15, 0.2) is 5.13 Å². The minimum absolute atomic E-state index is 0.0233. The number of nitrogens with zero attached hydrogens (tertiary/aromatic N) is 2. The quantitative estimate of drug-likeness (QED) is 0.823. The summed E-state index contributed by atoms with van der Waals surface area (Å²) < 4.78 is 13.7. The number of halogens is 1. The van der Waals surface area contributed by atoms with Crippen LogP contribution in [0.4, 0.5) is 9.52 Å². The number of carbonyl (C=O) groups is 2. The van der Waals surface area contributed by atoms with Crippen molar-refractivity contribution in [2.75, 3.05) is 5.32 Å². The van der Waals surface area contributed by atoms with Gasteiger partial charge in [-0.2, -0.15) is 5.26 Å². The second-order valence-electron chi connectivity index (χ2n) is 6.56. The van der Waals surface area contributed by atoms with Gasteiger partial charge in [-0.05, 0) is 25.0 Å². The summed E-state index contributed by atoms with van der Waals surface area (Å²) in [4.78, 5) is 28.6. The van der Waals surface area contributed by atoms with Crippen LogP contribution in [-0.4, -0.2) is 22.3 Å². The van der Waals surface area contributed by atoms with E-state index in [2.05, 4.69) is 21.7 Å². The Kier molecular flexibility index (Phi) is 5.81. The van der Waals surface area contributed by atoms with Gasteiger partial charge in [-0.25, -0.2) is 9.37 Å². The molecule has 2 amide bonds. The van der Waals surface area contributed by atoms with E-state index in [-0.39, 0.29) is 17.9 Å². The lowest BCUT2D eigenvalue weighted by Crippen LogP contribution is -2.49. The number of hydrogen-bond acceptors (Lipinski definition) is 5. The van der Waals surface area contributed by atoms with Crippen LogP contribution in [0.2, 0.25) is 0 Å². The summed E-state index contributed by atoms with van der Waals surface area (Å²) in [6.07, 6.45) is 4.28. The first-order valence-corrected chi connectivity index (χ1v) is 9.62. The average molecular weight is 386 g/mol. The molecule has 3 rings (SSSR count). The molecule has 0 radical (unpaired) electrons. The zero-order chi connectivity index (χ0) is 19.3. The Labute approximate surface area is 160 Å². The van der Waals surface area contributed by atoms with Gasteiger partial charge in [0.05, 0.1) is 23.7 Å². The van der Waals surface area contributed by atoms with E-state index in [9.17, 15) is 19.2 Å². The number of thiazole rings is 1. The Hall–Kier alpha value is -2.79. The van der Waals surface area contributed by atoms with Gasteiger partial charge in [0.1, 0.15) is 11.4 Å². The maximum absolute atomic E-state index is 13.7. The van der Waals surface area contributed by atoms with Crippen molar-refractivity contribution in [3.63, 3.8) is 0 Å². The van der Waals surface area contributed by atoms with E-state index in [4.69, 9.17) is 0 Å². The number of hydrogen-bond donors (Lipinski definition) is 2. The molecule has 1 aliphatic carbocycles. The van der Waals surface area contributed by atoms with Gasteiger partial charge >= 0.3 is 0 Å². The van der Waals surface area contributed by atoms with Gasteiger partial charge in [-0.15, -0.1) is 11.3 Å². The maximum atomic E-state index is 13.7. The molecule has 0 bridgehead atoms. The van der Waals surface area contributed by atoms with E-state index in [1.54, 1.807) is 11.4 Å². The molecule has 1 aromatic heterocycles. The lowest BCUT2D eigenvalue weighted by atomic mass is 9.83. The fourth-order valence-electron chi connectivity index (χ4n) is 3.15. The molecular weight excluding hydrogens is 367 g/mol. The van der Waals surface area contributed by atoms with Crippen molar-refractivity contribution in [3.8, 4) is 6.07 Å². The minimum Gasteiger partial charge on any atom is -0.337 e. The maximum Gasteiger partial charge on any atom is 0.260 e. The van der Waals surface area contributed by atoms with E-state index in [0.29, 0.717) is 23.7 Å². The molecule has 0 unspecified atom stereocenters. The lowest BCUT2D eigenvalue weighted by Gasteiger charge is -2.31. The van der Waals surface area contributed by atoms with Crippen molar-refractivity contribution in [1.29, 1.82) is 5.26 Å². The Morgan fingerprint density at radius 2 is 2.00 bits per heavy atom. The van der Waals surface area contributed by atoms with Gasteiger partial charge in [0.2, 0.25) is 5.91 Å². The third-order valence-corrected chi connectivity index (χ3v) is 5.34. The number of aromatic nitrogens is 1. The van der Waals surface area contributed by atoms with Crippen LogP contribution in [0.15, 0.2) is 29.6 Å². The summed E-state index contributed by atoms with van der Waals surface area (Å²) in [5.74, 6) is -1.47. The smallest absolute Gasteiger partial charge is 0.260 e. The van der Waals surface area contributed by atoms with E-state index in [0.717, 1.165) is 30.6 Å². The van der Waals surface area contributed by atoms with Crippen LogP contribution in [0.1, 0.15) is 48.2 Å². The molecule has 2 aromatic rings. The van der Waals surface area contributed by atoms with E-state index >= 15 is 0 Å². The standard InChI is InChI=1S/C19H19FN4O2S/c20-15-7-3-2-6-14(15)17(26)23-18-22-13(11-27-18)10-16(25)24-19(12-21)8-4-1-5-9-19/h2-3,6-7,11H,1,4-5,8-10H2,(H,24,25)(H,22,23,26). The van der Waals surface area contributed by atoms with Gasteiger partial charge in [0, 0.05) is 5.38 Å². The number of benzene rings is 1. The summed E-state index contributed by atoms with van der Waals surface area (Å²) in [5.41, 5.74) is -0.363.